The number of hydrogen-bond donors (Lipinski definition) is 0. The Kier molecular flexibility index (Phi) is 5.16. The molecule has 4 nitrogen and oxygen atoms in total. The number of para-hydroxylation sites is 1. The van der Waals surface area contributed by atoms with Crippen molar-refractivity contribution in [3.05, 3.63) is 65.2 Å². The van der Waals surface area contributed by atoms with Gasteiger partial charge in [-0.05, 0) is 38.7 Å². The zero-order valence-electron chi connectivity index (χ0n) is 14.5. The Bertz CT molecular complexity index is 708. The Morgan fingerprint density at radius 1 is 1.12 bits per heavy atom. The summed E-state index contributed by atoms with van der Waals surface area (Å²) in [6.45, 7) is 4.08. The highest BCUT2D eigenvalue weighted by Gasteiger charge is 2.28. The third kappa shape index (κ3) is 3.77. The number of ether oxygens (including phenoxy) is 1. The summed E-state index contributed by atoms with van der Waals surface area (Å²) in [4.78, 5) is 7.69. The van der Waals surface area contributed by atoms with Crippen molar-refractivity contribution in [2.75, 3.05) is 33.9 Å². The van der Waals surface area contributed by atoms with Crippen molar-refractivity contribution in [2.24, 2.45) is 5.16 Å². The summed E-state index contributed by atoms with van der Waals surface area (Å²) in [5.41, 5.74) is 4.40. The Labute approximate surface area is 143 Å². The van der Waals surface area contributed by atoms with E-state index >= 15 is 0 Å². The Morgan fingerprint density at radius 3 is 2.62 bits per heavy atom. The fourth-order valence-electron chi connectivity index (χ4n) is 2.75. The summed E-state index contributed by atoms with van der Waals surface area (Å²) in [6.07, 6.45) is 0. The van der Waals surface area contributed by atoms with Gasteiger partial charge in [0.25, 0.3) is 0 Å². The van der Waals surface area contributed by atoms with Gasteiger partial charge in [0.1, 0.15) is 24.7 Å². The van der Waals surface area contributed by atoms with E-state index in [0.717, 1.165) is 23.6 Å². The van der Waals surface area contributed by atoms with Gasteiger partial charge in [-0.25, -0.2) is 0 Å². The molecule has 0 saturated heterocycles. The van der Waals surface area contributed by atoms with E-state index in [4.69, 9.17) is 9.57 Å². The standard InChI is InChI=1S/C20H24N2O2/c1-15-8-10-16(11-9-15)18-14-23-19-7-5-4-6-17(19)20(18)21-24-13-12-22(2)3/h4-11,18H,12-14H2,1-3H3/b21-20-. The Morgan fingerprint density at radius 2 is 1.88 bits per heavy atom. The number of rotatable bonds is 5. The molecule has 1 heterocycles. The van der Waals surface area contributed by atoms with Crippen LogP contribution >= 0.6 is 0 Å². The van der Waals surface area contributed by atoms with Crippen LogP contribution < -0.4 is 4.74 Å². The van der Waals surface area contributed by atoms with Gasteiger partial charge in [0, 0.05) is 12.1 Å². The first kappa shape index (κ1) is 16.5. The maximum atomic E-state index is 5.95. The van der Waals surface area contributed by atoms with Gasteiger partial charge in [-0.1, -0.05) is 47.1 Å². The van der Waals surface area contributed by atoms with Crippen LogP contribution in [0, 0.1) is 6.92 Å². The first-order chi connectivity index (χ1) is 11.6. The van der Waals surface area contributed by atoms with Crippen molar-refractivity contribution in [3.63, 3.8) is 0 Å². The molecule has 1 unspecified atom stereocenters. The summed E-state index contributed by atoms with van der Waals surface area (Å²) in [6, 6.07) is 16.6. The highest BCUT2D eigenvalue weighted by Crippen LogP contribution is 2.33. The lowest BCUT2D eigenvalue weighted by Gasteiger charge is -2.27. The minimum absolute atomic E-state index is 0.0832. The van der Waals surface area contributed by atoms with Crippen LogP contribution in [0.5, 0.6) is 5.75 Å². The van der Waals surface area contributed by atoms with E-state index in [1.54, 1.807) is 0 Å². The molecule has 1 aliphatic rings. The van der Waals surface area contributed by atoms with E-state index in [9.17, 15) is 0 Å². The number of likely N-dealkylation sites (N-methyl/N-ethyl adjacent to an activating group) is 1. The van der Waals surface area contributed by atoms with Crippen molar-refractivity contribution in [1.82, 2.24) is 4.90 Å². The topological polar surface area (TPSA) is 34.1 Å². The van der Waals surface area contributed by atoms with Gasteiger partial charge in [0.05, 0.1) is 5.92 Å². The van der Waals surface area contributed by atoms with Gasteiger partial charge in [-0.15, -0.1) is 0 Å². The predicted octanol–water partition coefficient (Wildman–Crippen LogP) is 3.45. The molecule has 0 N–H and O–H groups in total. The molecule has 0 fully saturated rings. The van der Waals surface area contributed by atoms with E-state index in [1.807, 2.05) is 38.4 Å². The molecular formula is C20H24N2O2. The van der Waals surface area contributed by atoms with Gasteiger partial charge >= 0.3 is 0 Å². The molecule has 4 heteroatoms. The molecule has 3 rings (SSSR count). The second-order valence-corrected chi connectivity index (χ2v) is 6.38. The minimum atomic E-state index is 0.0832. The molecule has 0 bridgehead atoms. The van der Waals surface area contributed by atoms with Crippen molar-refractivity contribution in [1.29, 1.82) is 0 Å². The first-order valence-corrected chi connectivity index (χ1v) is 8.28. The first-order valence-electron chi connectivity index (χ1n) is 8.28. The highest BCUT2D eigenvalue weighted by atomic mass is 16.6. The summed E-state index contributed by atoms with van der Waals surface area (Å²) < 4.78 is 5.95. The number of nitrogens with zero attached hydrogens (tertiary/aromatic N) is 2. The highest BCUT2D eigenvalue weighted by molar-refractivity contribution is 6.07. The molecule has 1 aliphatic heterocycles. The molecule has 2 aromatic carbocycles. The van der Waals surface area contributed by atoms with E-state index in [1.165, 1.54) is 11.1 Å². The van der Waals surface area contributed by atoms with Crippen LogP contribution in [0.4, 0.5) is 0 Å². The van der Waals surface area contributed by atoms with E-state index in [0.29, 0.717) is 13.2 Å². The maximum absolute atomic E-state index is 5.95. The summed E-state index contributed by atoms with van der Waals surface area (Å²) in [5, 5.41) is 4.49. The molecule has 126 valence electrons. The summed E-state index contributed by atoms with van der Waals surface area (Å²) >= 11 is 0. The summed E-state index contributed by atoms with van der Waals surface area (Å²) in [7, 11) is 4.05. The zero-order valence-corrected chi connectivity index (χ0v) is 14.5. The van der Waals surface area contributed by atoms with E-state index in [-0.39, 0.29) is 5.92 Å². The van der Waals surface area contributed by atoms with Crippen LogP contribution in [0.2, 0.25) is 0 Å². The molecule has 1 atom stereocenters. The van der Waals surface area contributed by atoms with Gasteiger partial charge in [-0.2, -0.15) is 0 Å². The monoisotopic (exact) mass is 324 g/mol. The molecule has 2 aromatic rings. The third-order valence-corrected chi connectivity index (χ3v) is 4.17. The fraction of sp³-hybridized carbons (Fsp3) is 0.350. The summed E-state index contributed by atoms with van der Waals surface area (Å²) in [5.74, 6) is 0.954. The fourth-order valence-corrected chi connectivity index (χ4v) is 2.75. The van der Waals surface area contributed by atoms with Crippen molar-refractivity contribution >= 4 is 5.71 Å². The largest absolute Gasteiger partial charge is 0.492 e. The smallest absolute Gasteiger partial charge is 0.129 e. The lowest BCUT2D eigenvalue weighted by Crippen LogP contribution is -2.27. The van der Waals surface area contributed by atoms with Crippen LogP contribution in [0.15, 0.2) is 53.7 Å². The number of oxime groups is 1. The van der Waals surface area contributed by atoms with Gasteiger partial charge in [-0.3, -0.25) is 0 Å². The van der Waals surface area contributed by atoms with Crippen LogP contribution in [-0.4, -0.2) is 44.5 Å². The van der Waals surface area contributed by atoms with Gasteiger partial charge in [0.2, 0.25) is 0 Å². The minimum Gasteiger partial charge on any atom is -0.492 e. The normalized spacial score (nSPS) is 18.3. The number of fused-ring (bicyclic) bond motifs is 1. The molecule has 0 amide bonds. The quantitative estimate of drug-likeness (QED) is 0.624. The molecular weight excluding hydrogens is 300 g/mol. The molecule has 0 aliphatic carbocycles. The lowest BCUT2D eigenvalue weighted by atomic mass is 9.88. The van der Waals surface area contributed by atoms with Crippen molar-refractivity contribution in [2.45, 2.75) is 12.8 Å². The molecule has 0 radical (unpaired) electrons. The lowest BCUT2D eigenvalue weighted by molar-refractivity contribution is 0.124. The molecule has 0 aromatic heterocycles. The van der Waals surface area contributed by atoms with Crippen LogP contribution in [0.1, 0.15) is 22.6 Å². The van der Waals surface area contributed by atoms with Gasteiger partial charge in [0.15, 0.2) is 0 Å². The number of hydrogen-bond acceptors (Lipinski definition) is 4. The average molecular weight is 324 g/mol. The maximum Gasteiger partial charge on any atom is 0.129 e. The van der Waals surface area contributed by atoms with Crippen LogP contribution in [-0.2, 0) is 4.84 Å². The third-order valence-electron chi connectivity index (χ3n) is 4.17. The average Bonchev–Trinajstić information content (AvgIpc) is 2.59. The molecule has 0 saturated carbocycles. The van der Waals surface area contributed by atoms with Crippen molar-refractivity contribution in [3.8, 4) is 5.75 Å². The second kappa shape index (κ2) is 7.49. The van der Waals surface area contributed by atoms with E-state index in [2.05, 4.69) is 41.2 Å². The van der Waals surface area contributed by atoms with Crippen LogP contribution in [0.25, 0.3) is 0 Å². The SMILES string of the molecule is Cc1ccc(C2COc3ccccc3/C2=N/OCCN(C)C)cc1. The molecule has 24 heavy (non-hydrogen) atoms. The predicted molar refractivity (Wildman–Crippen MR) is 96.9 cm³/mol. The Hall–Kier alpha value is -2.33. The second-order valence-electron chi connectivity index (χ2n) is 6.38. The Balaban J connectivity index is 1.89. The van der Waals surface area contributed by atoms with Crippen molar-refractivity contribution < 1.29 is 9.57 Å². The molecule has 0 spiro atoms. The van der Waals surface area contributed by atoms with Gasteiger partial charge < -0.3 is 14.5 Å². The number of aryl methyl sites for hydroxylation is 1. The zero-order chi connectivity index (χ0) is 16.9. The number of benzene rings is 2. The van der Waals surface area contributed by atoms with Crippen LogP contribution in [0.3, 0.4) is 0 Å². The van der Waals surface area contributed by atoms with E-state index < -0.39 is 0 Å².